The van der Waals surface area contributed by atoms with Crippen molar-refractivity contribution in [3.8, 4) is 0 Å². The minimum Gasteiger partial charge on any atom is -0.355 e. The van der Waals surface area contributed by atoms with E-state index in [1.54, 1.807) is 0 Å². The molecular weight excluding hydrogens is 246 g/mol. The number of benzene rings is 1. The van der Waals surface area contributed by atoms with Crippen LogP contribution in [-0.2, 0) is 0 Å². The van der Waals surface area contributed by atoms with E-state index in [1.165, 1.54) is 18.2 Å². The zero-order valence-corrected chi connectivity index (χ0v) is 12.2. The Kier molecular flexibility index (Phi) is 4.16. The summed E-state index contributed by atoms with van der Waals surface area (Å²) < 4.78 is 0. The number of fused-ring (bicyclic) bond motifs is 1. The van der Waals surface area contributed by atoms with Crippen molar-refractivity contribution < 1.29 is 0 Å². The van der Waals surface area contributed by atoms with Crippen molar-refractivity contribution in [2.24, 2.45) is 0 Å². The van der Waals surface area contributed by atoms with Crippen LogP contribution in [0.4, 0.5) is 5.82 Å². The molecular formula is C17H23N3. The van der Waals surface area contributed by atoms with Crippen molar-refractivity contribution in [1.29, 1.82) is 0 Å². The van der Waals surface area contributed by atoms with Gasteiger partial charge in [0.1, 0.15) is 5.82 Å². The van der Waals surface area contributed by atoms with Crippen LogP contribution < -0.4 is 10.2 Å². The third kappa shape index (κ3) is 2.93. The summed E-state index contributed by atoms with van der Waals surface area (Å²) >= 11 is 0. The number of hydrogen-bond acceptors (Lipinski definition) is 3. The number of rotatable bonds is 5. The van der Waals surface area contributed by atoms with Gasteiger partial charge in [0.15, 0.2) is 0 Å². The molecule has 0 spiro atoms. The van der Waals surface area contributed by atoms with Crippen molar-refractivity contribution >= 4 is 16.7 Å². The molecule has 1 saturated heterocycles. The Morgan fingerprint density at radius 1 is 1.25 bits per heavy atom. The lowest BCUT2D eigenvalue weighted by Crippen LogP contribution is -2.38. The molecule has 1 aliphatic heterocycles. The summed E-state index contributed by atoms with van der Waals surface area (Å²) in [5.74, 6) is 1.11. The number of pyridine rings is 1. The highest BCUT2D eigenvalue weighted by Crippen LogP contribution is 2.19. The van der Waals surface area contributed by atoms with Crippen molar-refractivity contribution in [2.45, 2.75) is 32.2 Å². The van der Waals surface area contributed by atoms with Gasteiger partial charge in [0.05, 0.1) is 5.52 Å². The molecule has 0 radical (unpaired) electrons. The Balaban J connectivity index is 1.83. The van der Waals surface area contributed by atoms with Gasteiger partial charge in [0.2, 0.25) is 0 Å². The molecule has 106 valence electrons. The standard InChI is InChI=1S/C17H23N3/c1-2-12-20(13-15-7-5-11-18-15)17-10-9-14-6-3-4-8-16(14)19-17/h3-4,6,8-10,15,18H,2,5,7,11-13H2,1H3. The van der Waals surface area contributed by atoms with Gasteiger partial charge in [0, 0.05) is 24.5 Å². The maximum atomic E-state index is 4.83. The third-order valence-electron chi connectivity index (χ3n) is 4.00. The summed E-state index contributed by atoms with van der Waals surface area (Å²) in [7, 11) is 0. The Morgan fingerprint density at radius 3 is 2.95 bits per heavy atom. The first-order chi connectivity index (χ1) is 9.86. The van der Waals surface area contributed by atoms with Gasteiger partial charge in [-0.05, 0) is 44.0 Å². The molecule has 0 amide bonds. The minimum atomic E-state index is 0.620. The summed E-state index contributed by atoms with van der Waals surface area (Å²) in [4.78, 5) is 7.26. The number of para-hydroxylation sites is 1. The second kappa shape index (κ2) is 6.23. The molecule has 20 heavy (non-hydrogen) atoms. The van der Waals surface area contributed by atoms with Crippen molar-refractivity contribution in [3.05, 3.63) is 36.4 Å². The monoisotopic (exact) mass is 269 g/mol. The van der Waals surface area contributed by atoms with E-state index in [0.717, 1.165) is 37.4 Å². The fourth-order valence-corrected chi connectivity index (χ4v) is 2.98. The van der Waals surface area contributed by atoms with Gasteiger partial charge >= 0.3 is 0 Å². The lowest BCUT2D eigenvalue weighted by molar-refractivity contribution is 0.576. The average Bonchev–Trinajstić information content (AvgIpc) is 2.99. The van der Waals surface area contributed by atoms with E-state index in [2.05, 4.69) is 53.5 Å². The normalized spacial score (nSPS) is 18.6. The van der Waals surface area contributed by atoms with Gasteiger partial charge in [-0.1, -0.05) is 25.1 Å². The number of nitrogens with one attached hydrogen (secondary N) is 1. The zero-order valence-electron chi connectivity index (χ0n) is 12.2. The first-order valence-corrected chi connectivity index (χ1v) is 7.71. The Hall–Kier alpha value is -1.61. The summed E-state index contributed by atoms with van der Waals surface area (Å²) in [6.07, 6.45) is 3.74. The van der Waals surface area contributed by atoms with E-state index in [-0.39, 0.29) is 0 Å². The van der Waals surface area contributed by atoms with E-state index >= 15 is 0 Å². The highest BCUT2D eigenvalue weighted by molar-refractivity contribution is 5.80. The van der Waals surface area contributed by atoms with Crippen LogP contribution in [0.1, 0.15) is 26.2 Å². The molecule has 1 aromatic carbocycles. The van der Waals surface area contributed by atoms with E-state index in [0.29, 0.717) is 6.04 Å². The van der Waals surface area contributed by atoms with Gasteiger partial charge < -0.3 is 10.2 Å². The minimum absolute atomic E-state index is 0.620. The largest absolute Gasteiger partial charge is 0.355 e. The SMILES string of the molecule is CCCN(CC1CCCN1)c1ccc2ccccc2n1. The highest BCUT2D eigenvalue weighted by Gasteiger charge is 2.18. The molecule has 0 bridgehead atoms. The number of hydrogen-bond donors (Lipinski definition) is 1. The first kappa shape index (κ1) is 13.4. The maximum absolute atomic E-state index is 4.83. The van der Waals surface area contributed by atoms with Crippen molar-refractivity contribution in [2.75, 3.05) is 24.5 Å². The van der Waals surface area contributed by atoms with Crippen LogP contribution in [0.15, 0.2) is 36.4 Å². The van der Waals surface area contributed by atoms with E-state index in [9.17, 15) is 0 Å². The zero-order chi connectivity index (χ0) is 13.8. The Labute approximate surface area is 121 Å². The fourth-order valence-electron chi connectivity index (χ4n) is 2.98. The molecule has 2 heterocycles. The summed E-state index contributed by atoms with van der Waals surface area (Å²) in [6.45, 7) is 5.54. The quantitative estimate of drug-likeness (QED) is 0.903. The topological polar surface area (TPSA) is 28.2 Å². The highest BCUT2D eigenvalue weighted by atomic mass is 15.2. The summed E-state index contributed by atoms with van der Waals surface area (Å²) in [5, 5.41) is 4.80. The van der Waals surface area contributed by atoms with Crippen LogP contribution in [0.25, 0.3) is 10.9 Å². The molecule has 1 atom stereocenters. The third-order valence-corrected chi connectivity index (χ3v) is 4.00. The second-order valence-corrected chi connectivity index (χ2v) is 5.60. The molecule has 1 aliphatic rings. The van der Waals surface area contributed by atoms with Gasteiger partial charge in [0.25, 0.3) is 0 Å². The first-order valence-electron chi connectivity index (χ1n) is 7.71. The molecule has 1 aromatic heterocycles. The molecule has 0 saturated carbocycles. The van der Waals surface area contributed by atoms with E-state index in [1.807, 2.05) is 0 Å². The number of nitrogens with zero attached hydrogens (tertiary/aromatic N) is 2. The summed E-state index contributed by atoms with van der Waals surface area (Å²) in [6, 6.07) is 13.3. The number of aromatic nitrogens is 1. The number of anilines is 1. The lowest BCUT2D eigenvalue weighted by Gasteiger charge is -2.26. The van der Waals surface area contributed by atoms with Crippen LogP contribution in [0.2, 0.25) is 0 Å². The van der Waals surface area contributed by atoms with E-state index < -0.39 is 0 Å². The molecule has 3 nitrogen and oxygen atoms in total. The Bertz CT molecular complexity index is 561. The molecule has 3 rings (SSSR count). The van der Waals surface area contributed by atoms with Gasteiger partial charge in [-0.15, -0.1) is 0 Å². The molecule has 2 aromatic rings. The van der Waals surface area contributed by atoms with Gasteiger partial charge in [-0.2, -0.15) is 0 Å². The second-order valence-electron chi connectivity index (χ2n) is 5.60. The summed E-state index contributed by atoms with van der Waals surface area (Å²) in [5.41, 5.74) is 1.09. The van der Waals surface area contributed by atoms with Crippen LogP contribution >= 0.6 is 0 Å². The van der Waals surface area contributed by atoms with Crippen LogP contribution in [0.5, 0.6) is 0 Å². The molecule has 1 unspecified atom stereocenters. The predicted octanol–water partition coefficient (Wildman–Crippen LogP) is 3.20. The van der Waals surface area contributed by atoms with Crippen LogP contribution in [0.3, 0.4) is 0 Å². The lowest BCUT2D eigenvalue weighted by atomic mass is 10.2. The molecule has 0 aliphatic carbocycles. The fraction of sp³-hybridized carbons (Fsp3) is 0.471. The average molecular weight is 269 g/mol. The smallest absolute Gasteiger partial charge is 0.129 e. The molecule has 1 fully saturated rings. The molecule has 1 N–H and O–H groups in total. The van der Waals surface area contributed by atoms with Gasteiger partial charge in [-0.3, -0.25) is 0 Å². The van der Waals surface area contributed by atoms with E-state index in [4.69, 9.17) is 4.98 Å². The maximum Gasteiger partial charge on any atom is 0.129 e. The predicted molar refractivity (Wildman–Crippen MR) is 85.3 cm³/mol. The van der Waals surface area contributed by atoms with Crippen molar-refractivity contribution in [3.63, 3.8) is 0 Å². The molecule has 3 heteroatoms. The Morgan fingerprint density at radius 2 is 2.15 bits per heavy atom. The van der Waals surface area contributed by atoms with Crippen LogP contribution in [0, 0.1) is 0 Å². The van der Waals surface area contributed by atoms with Crippen LogP contribution in [-0.4, -0.2) is 30.7 Å². The van der Waals surface area contributed by atoms with Gasteiger partial charge in [-0.25, -0.2) is 4.98 Å². The van der Waals surface area contributed by atoms with Crippen molar-refractivity contribution in [1.82, 2.24) is 10.3 Å².